The number of pyridine rings is 1. The van der Waals surface area contributed by atoms with Gasteiger partial charge in [0.1, 0.15) is 0 Å². The van der Waals surface area contributed by atoms with Crippen molar-refractivity contribution in [2.45, 2.75) is 18.0 Å². The van der Waals surface area contributed by atoms with Crippen LogP contribution in [0.1, 0.15) is 27.8 Å². The molecule has 1 amide bonds. The average molecular weight is 394 g/mol. The summed E-state index contributed by atoms with van der Waals surface area (Å²) in [6.07, 6.45) is 0.804. The van der Waals surface area contributed by atoms with E-state index in [9.17, 15) is 13.2 Å². The van der Waals surface area contributed by atoms with Gasteiger partial charge in [-0.3, -0.25) is 9.78 Å². The van der Waals surface area contributed by atoms with E-state index in [2.05, 4.69) is 15.1 Å². The molecule has 0 aliphatic carbocycles. The molecule has 8 heteroatoms. The number of fused-ring (bicyclic) bond motifs is 1. The number of hydrogen-bond acceptors (Lipinski definition) is 5. The summed E-state index contributed by atoms with van der Waals surface area (Å²) in [5, 5.41) is 4.26. The van der Waals surface area contributed by atoms with E-state index in [-0.39, 0.29) is 4.90 Å². The van der Waals surface area contributed by atoms with Crippen molar-refractivity contribution in [2.75, 3.05) is 5.32 Å². The Morgan fingerprint density at radius 2 is 1.71 bits per heavy atom. The molecule has 2 aromatic carbocycles. The molecule has 0 bridgehead atoms. The van der Waals surface area contributed by atoms with Crippen molar-refractivity contribution >= 4 is 21.6 Å². The summed E-state index contributed by atoms with van der Waals surface area (Å²) in [6, 6.07) is 18.6. The summed E-state index contributed by atoms with van der Waals surface area (Å²) in [6.45, 7) is 1.87. The van der Waals surface area contributed by atoms with Crippen molar-refractivity contribution in [3.05, 3.63) is 89.7 Å². The van der Waals surface area contributed by atoms with E-state index in [0.29, 0.717) is 16.9 Å². The summed E-state index contributed by atoms with van der Waals surface area (Å²) in [5.41, 5.74) is 2.45. The number of hydrazine groups is 1. The van der Waals surface area contributed by atoms with Crippen molar-refractivity contribution < 1.29 is 13.2 Å². The number of sulfonamides is 1. The predicted molar refractivity (Wildman–Crippen MR) is 105 cm³/mol. The van der Waals surface area contributed by atoms with Gasteiger partial charge in [-0.1, -0.05) is 35.9 Å². The van der Waals surface area contributed by atoms with Crippen molar-refractivity contribution in [2.24, 2.45) is 0 Å². The SMILES string of the molecule is Cc1ccc(S(=O)(=O)NN2C(=O)c3ccccc3N[C@@H]2c2ccccn2)cc1. The second-order valence-electron chi connectivity index (χ2n) is 6.43. The van der Waals surface area contributed by atoms with Gasteiger partial charge in [-0.05, 0) is 43.3 Å². The second-order valence-corrected chi connectivity index (χ2v) is 8.09. The van der Waals surface area contributed by atoms with Gasteiger partial charge in [-0.25, -0.2) is 13.4 Å². The van der Waals surface area contributed by atoms with E-state index in [1.807, 2.05) is 6.92 Å². The quantitative estimate of drug-likeness (QED) is 0.710. The van der Waals surface area contributed by atoms with Crippen LogP contribution in [0.4, 0.5) is 5.69 Å². The highest BCUT2D eigenvalue weighted by atomic mass is 32.2. The molecule has 0 saturated carbocycles. The lowest BCUT2D eigenvalue weighted by molar-refractivity contribution is 0.0628. The molecule has 1 aliphatic heterocycles. The number of aryl methyl sites for hydroxylation is 1. The minimum Gasteiger partial charge on any atom is -0.358 e. The Balaban J connectivity index is 1.75. The number of aromatic nitrogens is 1. The highest BCUT2D eigenvalue weighted by molar-refractivity contribution is 7.89. The molecule has 0 fully saturated rings. The van der Waals surface area contributed by atoms with Gasteiger partial charge in [0.2, 0.25) is 0 Å². The number of nitrogens with zero attached hydrogens (tertiary/aromatic N) is 2. The number of benzene rings is 2. The number of para-hydroxylation sites is 1. The normalized spacial score (nSPS) is 16.4. The third kappa shape index (κ3) is 3.35. The van der Waals surface area contributed by atoms with Gasteiger partial charge >= 0.3 is 0 Å². The largest absolute Gasteiger partial charge is 0.358 e. The number of nitrogens with one attached hydrogen (secondary N) is 2. The molecule has 0 spiro atoms. The zero-order valence-electron chi connectivity index (χ0n) is 15.0. The van der Waals surface area contributed by atoms with Crippen LogP contribution < -0.4 is 10.1 Å². The lowest BCUT2D eigenvalue weighted by Crippen LogP contribution is -2.52. The Morgan fingerprint density at radius 3 is 2.43 bits per heavy atom. The van der Waals surface area contributed by atoms with Crippen molar-refractivity contribution in [1.29, 1.82) is 0 Å². The third-order valence-corrected chi connectivity index (χ3v) is 5.77. The summed E-state index contributed by atoms with van der Waals surface area (Å²) in [7, 11) is -3.97. The molecule has 142 valence electrons. The van der Waals surface area contributed by atoms with Gasteiger partial charge in [0.05, 0.1) is 16.2 Å². The molecule has 3 aromatic rings. The highest BCUT2D eigenvalue weighted by Gasteiger charge is 2.36. The van der Waals surface area contributed by atoms with Gasteiger partial charge in [0, 0.05) is 11.9 Å². The maximum atomic E-state index is 13.1. The standard InChI is InChI=1S/C20H18N4O3S/c1-14-9-11-15(12-10-14)28(26,27)23-24-19(18-8-4-5-13-21-18)22-17-7-3-2-6-16(17)20(24)25/h2-13,19,22-23H,1H3/t19-/m0/s1. The summed E-state index contributed by atoms with van der Waals surface area (Å²) >= 11 is 0. The fourth-order valence-corrected chi connectivity index (χ4v) is 4.04. The lowest BCUT2D eigenvalue weighted by Gasteiger charge is -2.36. The molecular formula is C20H18N4O3S. The van der Waals surface area contributed by atoms with Crippen molar-refractivity contribution in [3.63, 3.8) is 0 Å². The number of carbonyl (C=O) groups is 1. The fourth-order valence-electron chi connectivity index (χ4n) is 2.99. The van der Waals surface area contributed by atoms with Crippen LogP contribution >= 0.6 is 0 Å². The Bertz CT molecular complexity index is 1120. The predicted octanol–water partition coefficient (Wildman–Crippen LogP) is 2.85. The average Bonchev–Trinajstić information content (AvgIpc) is 2.71. The van der Waals surface area contributed by atoms with E-state index >= 15 is 0 Å². The first kappa shape index (κ1) is 18.1. The van der Waals surface area contributed by atoms with E-state index in [1.54, 1.807) is 60.8 Å². The van der Waals surface area contributed by atoms with Gasteiger partial charge in [0.15, 0.2) is 6.17 Å². The zero-order chi connectivity index (χ0) is 19.7. The molecule has 0 radical (unpaired) electrons. The molecule has 0 unspecified atom stereocenters. The molecule has 28 heavy (non-hydrogen) atoms. The van der Waals surface area contributed by atoms with Gasteiger partial charge in [0.25, 0.3) is 15.9 Å². The van der Waals surface area contributed by atoms with Crippen LogP contribution in [0, 0.1) is 6.92 Å². The van der Waals surface area contributed by atoms with Gasteiger partial charge in [-0.2, -0.15) is 0 Å². The molecule has 1 atom stereocenters. The van der Waals surface area contributed by atoms with E-state index < -0.39 is 22.1 Å². The number of amides is 1. The number of carbonyl (C=O) groups excluding carboxylic acids is 1. The van der Waals surface area contributed by atoms with Crippen LogP contribution in [0.2, 0.25) is 0 Å². The Kier molecular flexibility index (Phi) is 4.58. The second kappa shape index (κ2) is 7.06. The van der Waals surface area contributed by atoms with Crippen LogP contribution in [-0.2, 0) is 10.0 Å². The summed E-state index contributed by atoms with van der Waals surface area (Å²) < 4.78 is 25.8. The fraction of sp³-hybridized carbons (Fsp3) is 0.100. The first-order valence-corrected chi connectivity index (χ1v) is 10.1. The van der Waals surface area contributed by atoms with Crippen LogP contribution in [0.25, 0.3) is 0 Å². The van der Waals surface area contributed by atoms with Crippen LogP contribution in [0.15, 0.2) is 77.8 Å². The van der Waals surface area contributed by atoms with Gasteiger partial charge < -0.3 is 5.32 Å². The van der Waals surface area contributed by atoms with Gasteiger partial charge in [-0.15, -0.1) is 4.83 Å². The molecule has 0 saturated heterocycles. The first-order chi connectivity index (χ1) is 13.5. The Hall–Kier alpha value is -3.23. The number of anilines is 1. The maximum absolute atomic E-state index is 13.1. The Labute approximate surface area is 163 Å². The molecular weight excluding hydrogens is 376 g/mol. The molecule has 1 aromatic heterocycles. The lowest BCUT2D eigenvalue weighted by atomic mass is 10.1. The first-order valence-electron chi connectivity index (χ1n) is 8.65. The van der Waals surface area contributed by atoms with Crippen LogP contribution in [0.3, 0.4) is 0 Å². The maximum Gasteiger partial charge on any atom is 0.273 e. The smallest absolute Gasteiger partial charge is 0.273 e. The minimum atomic E-state index is -3.97. The van der Waals surface area contributed by atoms with Crippen LogP contribution in [0.5, 0.6) is 0 Å². The van der Waals surface area contributed by atoms with E-state index in [4.69, 9.17) is 0 Å². The van der Waals surface area contributed by atoms with Crippen molar-refractivity contribution in [1.82, 2.24) is 14.8 Å². The minimum absolute atomic E-state index is 0.0736. The monoisotopic (exact) mass is 394 g/mol. The molecule has 2 N–H and O–H groups in total. The Morgan fingerprint density at radius 1 is 1.00 bits per heavy atom. The summed E-state index contributed by atoms with van der Waals surface area (Å²) in [5.74, 6) is -0.458. The van der Waals surface area contributed by atoms with Crippen LogP contribution in [-0.4, -0.2) is 24.3 Å². The molecule has 4 rings (SSSR count). The number of rotatable bonds is 4. The topological polar surface area (TPSA) is 91.4 Å². The van der Waals surface area contributed by atoms with E-state index in [1.165, 1.54) is 12.1 Å². The highest BCUT2D eigenvalue weighted by Crippen LogP contribution is 2.31. The molecule has 2 heterocycles. The molecule has 7 nitrogen and oxygen atoms in total. The summed E-state index contributed by atoms with van der Waals surface area (Å²) in [4.78, 5) is 19.9. The van der Waals surface area contributed by atoms with Crippen molar-refractivity contribution in [3.8, 4) is 0 Å². The zero-order valence-corrected chi connectivity index (χ0v) is 15.8. The third-order valence-electron chi connectivity index (χ3n) is 4.44. The van der Waals surface area contributed by atoms with E-state index in [0.717, 1.165) is 10.6 Å². The molecule has 1 aliphatic rings. The number of hydrogen-bond donors (Lipinski definition) is 2.